The van der Waals surface area contributed by atoms with Crippen LogP contribution in [-0.4, -0.2) is 169 Å². The van der Waals surface area contributed by atoms with E-state index in [2.05, 4.69) is 19.9 Å². The van der Waals surface area contributed by atoms with Gasteiger partial charge in [0.05, 0.1) is 13.2 Å². The second-order valence-electron chi connectivity index (χ2n) is 19.2. The number of carboxylic acid groups (broad SMARTS) is 1. The highest BCUT2D eigenvalue weighted by Gasteiger charge is 2.53. The third kappa shape index (κ3) is 13.8. The Morgan fingerprint density at radius 2 is 1.14 bits per heavy atom. The van der Waals surface area contributed by atoms with Crippen LogP contribution in [0, 0.1) is 22.7 Å². The van der Waals surface area contributed by atoms with Gasteiger partial charge in [0.1, 0.15) is 6.42 Å². The summed E-state index contributed by atoms with van der Waals surface area (Å²) in [6.45, 7) is 13.9. The fourth-order valence-electron chi connectivity index (χ4n) is 12.0. The van der Waals surface area contributed by atoms with Crippen LogP contribution in [0.1, 0.15) is 110 Å². The number of aliphatic carboxylic acids is 1. The van der Waals surface area contributed by atoms with Gasteiger partial charge in [-0.3, -0.25) is 4.79 Å². The van der Waals surface area contributed by atoms with Gasteiger partial charge in [-0.15, -0.1) is 25.6 Å². The highest BCUT2D eigenvalue weighted by atomic mass is 35.5. The summed E-state index contributed by atoms with van der Waals surface area (Å²) < 4.78 is 84.0. The molecular weight excluding hydrogens is 878 g/mol. The van der Waals surface area contributed by atoms with Crippen molar-refractivity contribution in [1.82, 2.24) is 29.8 Å². The van der Waals surface area contributed by atoms with Crippen LogP contribution in [-0.2, 0) is 19.0 Å². The second-order valence-corrected chi connectivity index (χ2v) is 19.2. The number of nitrogens with zero attached hydrogens (tertiary/aromatic N) is 5. The van der Waals surface area contributed by atoms with E-state index in [1.54, 1.807) is 0 Å². The Labute approximate surface area is 378 Å². The Balaban J connectivity index is 0.000000207. The second kappa shape index (κ2) is 22.2. The standard InChI is InChI=1S/C21H32F3N3O4.C19H33N3O2.C3H3F3O2.ClH/c1-2-30-18(28)26-11-7-20(14-26)12-16(13-20)25-9-5-15(6-10-25)17-4-3-8-27(17)19(29)31-21(22,23)24;1-2-24-18(23)22-11-7-19(14-22)12-16(13-19)21-9-5-15(6-10-21)17-4-3-8-20-17;4-3(5,6)1-2(7)8;/h15-17H,2-14H2,1H3;15-17,20H,2-14H2,1H3;1H2,(H,7,8);1H. The minimum absolute atomic E-state index is 0. The van der Waals surface area contributed by atoms with Gasteiger partial charge in [-0.2, -0.15) is 13.2 Å². The smallest absolute Gasteiger partial charge is 0.481 e. The molecule has 8 rings (SSSR count). The molecule has 2 spiro atoms. The van der Waals surface area contributed by atoms with E-state index in [0.717, 1.165) is 102 Å². The van der Waals surface area contributed by atoms with Crippen molar-refractivity contribution in [1.29, 1.82) is 0 Å². The first-order chi connectivity index (χ1) is 29.8. The van der Waals surface area contributed by atoms with Gasteiger partial charge in [-0.25, -0.2) is 14.4 Å². The summed E-state index contributed by atoms with van der Waals surface area (Å²) in [6, 6.07) is 1.92. The summed E-state index contributed by atoms with van der Waals surface area (Å²) in [4.78, 5) is 55.4. The Kier molecular flexibility index (Phi) is 18.1. The molecule has 6 saturated heterocycles. The van der Waals surface area contributed by atoms with Crippen LogP contribution in [0.5, 0.6) is 0 Å². The molecule has 21 heteroatoms. The lowest BCUT2D eigenvalue weighted by Gasteiger charge is -2.52. The number of ether oxygens (including phenoxy) is 3. The average Bonchev–Trinajstić information content (AvgIpc) is 4.03. The van der Waals surface area contributed by atoms with Crippen LogP contribution in [0.25, 0.3) is 0 Å². The van der Waals surface area contributed by atoms with E-state index >= 15 is 0 Å². The summed E-state index contributed by atoms with van der Waals surface area (Å²) in [7, 11) is 0. The molecule has 368 valence electrons. The van der Waals surface area contributed by atoms with Crippen molar-refractivity contribution in [3.05, 3.63) is 0 Å². The van der Waals surface area contributed by atoms with E-state index in [1.165, 1.54) is 69.5 Å². The number of hydrogen-bond acceptors (Lipinski definition) is 10. The highest BCUT2D eigenvalue weighted by Crippen LogP contribution is 2.52. The lowest BCUT2D eigenvalue weighted by molar-refractivity contribution is -0.295. The maximum Gasteiger partial charge on any atom is 0.576 e. The fourth-order valence-corrected chi connectivity index (χ4v) is 12.0. The van der Waals surface area contributed by atoms with Gasteiger partial charge in [-0.1, -0.05) is 0 Å². The minimum Gasteiger partial charge on any atom is -0.481 e. The number of nitrogens with one attached hydrogen (secondary N) is 1. The Bertz CT molecular complexity index is 1550. The quantitative estimate of drug-likeness (QED) is 0.191. The predicted octanol–water partition coefficient (Wildman–Crippen LogP) is 7.74. The number of rotatable bonds is 7. The Hall–Kier alpha value is -2.97. The SMILES string of the molecule is CCOC(=O)N1CCC2(CC(N3CCC(C4CCCN4)CC3)C2)C1.CCOC(=O)N1CCC2(CC(N3CCC(C4CCCN4C(=O)OC(F)(F)F)CC3)C2)C1.Cl.O=C(O)CC(F)(F)F. The summed E-state index contributed by atoms with van der Waals surface area (Å²) in [5.74, 6) is -0.722. The monoisotopic (exact) mass is 946 g/mol. The van der Waals surface area contributed by atoms with Gasteiger partial charge in [0.15, 0.2) is 0 Å². The molecule has 0 radical (unpaired) electrons. The number of piperidine rings is 2. The van der Waals surface area contributed by atoms with E-state index in [0.29, 0.717) is 31.2 Å². The number of carbonyl (C=O) groups is 4. The van der Waals surface area contributed by atoms with Crippen LogP contribution < -0.4 is 5.32 Å². The van der Waals surface area contributed by atoms with E-state index in [1.807, 2.05) is 23.6 Å². The van der Waals surface area contributed by atoms with E-state index in [9.17, 15) is 45.5 Å². The number of amides is 3. The van der Waals surface area contributed by atoms with Crippen molar-refractivity contribution < 1.29 is 64.8 Å². The van der Waals surface area contributed by atoms with Gasteiger partial charge in [0.2, 0.25) is 0 Å². The fraction of sp³-hybridized carbons (Fsp3) is 0.907. The molecule has 0 aromatic rings. The van der Waals surface area contributed by atoms with E-state index in [-0.39, 0.29) is 42.0 Å². The summed E-state index contributed by atoms with van der Waals surface area (Å²) in [5.41, 5.74) is 0.624. The topological polar surface area (TPSA) is 144 Å². The number of alkyl halides is 6. The first-order valence-corrected chi connectivity index (χ1v) is 23.2. The lowest BCUT2D eigenvalue weighted by atomic mass is 9.64. The molecule has 14 nitrogen and oxygen atoms in total. The third-order valence-corrected chi connectivity index (χ3v) is 15.1. The molecule has 0 bridgehead atoms. The molecule has 2 N–H and O–H groups in total. The van der Waals surface area contributed by atoms with Crippen molar-refractivity contribution >= 4 is 36.7 Å². The van der Waals surface area contributed by atoms with Crippen molar-refractivity contribution in [2.45, 2.75) is 147 Å². The van der Waals surface area contributed by atoms with E-state index in [4.69, 9.17) is 14.6 Å². The molecule has 8 aliphatic rings. The van der Waals surface area contributed by atoms with Gasteiger partial charge >= 0.3 is 36.8 Å². The molecule has 2 aliphatic carbocycles. The molecule has 0 aromatic heterocycles. The van der Waals surface area contributed by atoms with Crippen molar-refractivity contribution in [3.8, 4) is 0 Å². The molecule has 2 unspecified atom stereocenters. The number of carbonyl (C=O) groups excluding carboxylic acids is 3. The zero-order valence-electron chi connectivity index (χ0n) is 37.3. The van der Waals surface area contributed by atoms with Crippen molar-refractivity contribution in [3.63, 3.8) is 0 Å². The maximum atomic E-state index is 12.4. The number of carboxylic acids is 1. The van der Waals surface area contributed by atoms with Crippen molar-refractivity contribution in [2.24, 2.45) is 22.7 Å². The minimum atomic E-state index is -4.93. The Morgan fingerprint density at radius 1 is 0.656 bits per heavy atom. The summed E-state index contributed by atoms with van der Waals surface area (Å²) in [5, 5.41) is 11.2. The predicted molar refractivity (Wildman–Crippen MR) is 225 cm³/mol. The maximum absolute atomic E-state index is 12.4. The summed E-state index contributed by atoms with van der Waals surface area (Å²) >= 11 is 0. The average molecular weight is 948 g/mol. The largest absolute Gasteiger partial charge is 0.576 e. The van der Waals surface area contributed by atoms with Crippen LogP contribution in [0.4, 0.5) is 40.7 Å². The lowest BCUT2D eigenvalue weighted by Crippen LogP contribution is -2.55. The molecule has 6 aliphatic heterocycles. The molecule has 3 amide bonds. The van der Waals surface area contributed by atoms with Gasteiger partial charge in [0, 0.05) is 56.9 Å². The van der Waals surface area contributed by atoms with Gasteiger partial charge < -0.3 is 49.1 Å². The summed E-state index contributed by atoms with van der Waals surface area (Å²) in [6.07, 6.45) is 2.83. The zero-order valence-corrected chi connectivity index (χ0v) is 38.1. The number of likely N-dealkylation sites (tertiary alicyclic amines) is 5. The molecule has 64 heavy (non-hydrogen) atoms. The van der Waals surface area contributed by atoms with Crippen molar-refractivity contribution in [2.75, 3.05) is 78.7 Å². The normalized spacial score (nSPS) is 31.3. The molecule has 2 atom stereocenters. The van der Waals surface area contributed by atoms with E-state index < -0.39 is 31.0 Å². The van der Waals surface area contributed by atoms with Crippen LogP contribution in [0.2, 0.25) is 0 Å². The molecule has 6 heterocycles. The van der Waals surface area contributed by atoms with Gasteiger partial charge in [-0.05, 0) is 159 Å². The molecule has 0 aromatic carbocycles. The highest BCUT2D eigenvalue weighted by molar-refractivity contribution is 5.85. The number of hydrogen-bond donors (Lipinski definition) is 2. The van der Waals surface area contributed by atoms with Gasteiger partial charge in [0.25, 0.3) is 0 Å². The zero-order chi connectivity index (χ0) is 45.6. The molecule has 2 saturated carbocycles. The third-order valence-electron chi connectivity index (χ3n) is 15.1. The molecular formula is C43H69ClF6N6O8. The van der Waals surface area contributed by atoms with Crippen LogP contribution >= 0.6 is 12.4 Å². The first-order valence-electron chi connectivity index (χ1n) is 23.2. The molecule has 8 fully saturated rings. The number of halogens is 7. The Morgan fingerprint density at radius 3 is 1.53 bits per heavy atom. The van der Waals surface area contributed by atoms with Crippen LogP contribution in [0.3, 0.4) is 0 Å². The van der Waals surface area contributed by atoms with Crippen LogP contribution in [0.15, 0.2) is 0 Å². The first kappa shape index (κ1) is 52.0.